The van der Waals surface area contributed by atoms with Crippen LogP contribution in [0.5, 0.6) is 0 Å². The van der Waals surface area contributed by atoms with Crippen LogP contribution in [0.2, 0.25) is 0 Å². The molecule has 4 rings (SSSR count). The fraction of sp³-hybridized carbons (Fsp3) is 0.286. The van der Waals surface area contributed by atoms with Crippen molar-refractivity contribution in [2.75, 3.05) is 19.6 Å². The number of aromatic amines is 1. The lowest BCUT2D eigenvalue weighted by Crippen LogP contribution is -2.49. The first-order valence-corrected chi connectivity index (χ1v) is 9.52. The van der Waals surface area contributed by atoms with Crippen molar-refractivity contribution in [3.63, 3.8) is 0 Å². The number of benzene rings is 2. The number of halogens is 2. The van der Waals surface area contributed by atoms with E-state index in [2.05, 4.69) is 10.3 Å². The standard InChI is InChI=1S/C21H21FN4O3.ClH/c22-15-5-3-4-14(12-15)18-13-23-9-11-25(18)19(27)8-10-26-17-7-2-1-6-16(17)20(28)24-21(26)29;/h1-7,12,18,23H,8-11,13H2,(H,24,28,29);1H. The van der Waals surface area contributed by atoms with E-state index >= 15 is 0 Å². The average molecular weight is 433 g/mol. The van der Waals surface area contributed by atoms with Crippen LogP contribution in [-0.2, 0) is 11.3 Å². The van der Waals surface area contributed by atoms with Crippen molar-refractivity contribution < 1.29 is 9.18 Å². The van der Waals surface area contributed by atoms with E-state index in [9.17, 15) is 18.8 Å². The number of amides is 1. The SMILES string of the molecule is Cl.O=C(CCn1c(=O)[nH]c(=O)c2ccccc21)N1CCNCC1c1cccc(F)c1. The second-order valence-corrected chi connectivity index (χ2v) is 7.04. The Labute approximate surface area is 177 Å². The fourth-order valence-corrected chi connectivity index (χ4v) is 3.83. The van der Waals surface area contributed by atoms with Crippen molar-refractivity contribution in [3.05, 3.63) is 80.7 Å². The van der Waals surface area contributed by atoms with Gasteiger partial charge in [0.05, 0.1) is 16.9 Å². The van der Waals surface area contributed by atoms with Crippen LogP contribution in [-0.4, -0.2) is 40.0 Å². The van der Waals surface area contributed by atoms with E-state index in [-0.39, 0.29) is 43.1 Å². The Morgan fingerprint density at radius 2 is 1.93 bits per heavy atom. The molecule has 30 heavy (non-hydrogen) atoms. The van der Waals surface area contributed by atoms with Gasteiger partial charge in [-0.2, -0.15) is 0 Å². The van der Waals surface area contributed by atoms with Crippen LogP contribution in [0.1, 0.15) is 18.0 Å². The number of para-hydroxylation sites is 1. The molecule has 0 saturated carbocycles. The van der Waals surface area contributed by atoms with Crippen LogP contribution >= 0.6 is 12.4 Å². The Bertz CT molecular complexity index is 1180. The number of rotatable bonds is 4. The lowest BCUT2D eigenvalue weighted by Gasteiger charge is -2.36. The van der Waals surface area contributed by atoms with Gasteiger partial charge in [-0.15, -0.1) is 12.4 Å². The van der Waals surface area contributed by atoms with E-state index in [1.54, 1.807) is 41.3 Å². The van der Waals surface area contributed by atoms with E-state index in [0.717, 1.165) is 5.56 Å². The summed E-state index contributed by atoms with van der Waals surface area (Å²) >= 11 is 0. The molecule has 1 saturated heterocycles. The van der Waals surface area contributed by atoms with Crippen LogP contribution in [0.15, 0.2) is 58.1 Å². The minimum Gasteiger partial charge on any atom is -0.333 e. The summed E-state index contributed by atoms with van der Waals surface area (Å²) in [7, 11) is 0. The summed E-state index contributed by atoms with van der Waals surface area (Å²) in [4.78, 5) is 41.3. The third-order valence-corrected chi connectivity index (χ3v) is 5.25. The molecule has 0 aliphatic carbocycles. The molecule has 1 amide bonds. The molecule has 7 nitrogen and oxygen atoms in total. The van der Waals surface area contributed by atoms with E-state index in [4.69, 9.17) is 0 Å². The van der Waals surface area contributed by atoms with Gasteiger partial charge in [0, 0.05) is 32.6 Å². The summed E-state index contributed by atoms with van der Waals surface area (Å²) < 4.78 is 15.1. The molecule has 1 unspecified atom stereocenters. The lowest BCUT2D eigenvalue weighted by atomic mass is 10.0. The van der Waals surface area contributed by atoms with E-state index < -0.39 is 11.2 Å². The molecule has 1 atom stereocenters. The quantitative estimate of drug-likeness (QED) is 0.658. The topological polar surface area (TPSA) is 87.2 Å². The minimum absolute atomic E-state index is 0. The summed E-state index contributed by atoms with van der Waals surface area (Å²) in [5.74, 6) is -0.463. The van der Waals surface area contributed by atoms with Gasteiger partial charge < -0.3 is 10.2 Å². The highest BCUT2D eigenvalue weighted by Crippen LogP contribution is 2.23. The molecule has 1 fully saturated rings. The van der Waals surface area contributed by atoms with Gasteiger partial charge in [-0.25, -0.2) is 9.18 Å². The van der Waals surface area contributed by atoms with Gasteiger partial charge in [0.2, 0.25) is 5.91 Å². The zero-order chi connectivity index (χ0) is 20.4. The molecular weight excluding hydrogens is 411 g/mol. The van der Waals surface area contributed by atoms with Gasteiger partial charge in [0.25, 0.3) is 5.56 Å². The van der Waals surface area contributed by atoms with Crippen molar-refractivity contribution in [2.45, 2.75) is 19.0 Å². The Balaban J connectivity index is 0.00000256. The first kappa shape index (κ1) is 21.7. The molecule has 1 aromatic heterocycles. The highest BCUT2D eigenvalue weighted by Gasteiger charge is 2.28. The number of nitrogens with one attached hydrogen (secondary N) is 2. The molecule has 0 bridgehead atoms. The largest absolute Gasteiger partial charge is 0.333 e. The van der Waals surface area contributed by atoms with Gasteiger partial charge in [-0.1, -0.05) is 24.3 Å². The Morgan fingerprint density at radius 1 is 1.13 bits per heavy atom. The number of aromatic nitrogens is 2. The van der Waals surface area contributed by atoms with Crippen molar-refractivity contribution in [1.29, 1.82) is 0 Å². The monoisotopic (exact) mass is 432 g/mol. The van der Waals surface area contributed by atoms with Crippen LogP contribution in [0.4, 0.5) is 4.39 Å². The maximum atomic E-state index is 13.7. The number of aryl methyl sites for hydroxylation is 1. The third kappa shape index (κ3) is 4.29. The minimum atomic E-state index is -0.538. The van der Waals surface area contributed by atoms with Gasteiger partial charge in [-0.3, -0.25) is 19.1 Å². The zero-order valence-corrected chi connectivity index (χ0v) is 17.0. The van der Waals surface area contributed by atoms with Gasteiger partial charge in [0.15, 0.2) is 0 Å². The molecule has 0 radical (unpaired) electrons. The number of nitrogens with zero attached hydrogens (tertiary/aromatic N) is 2. The maximum Gasteiger partial charge on any atom is 0.328 e. The van der Waals surface area contributed by atoms with Crippen molar-refractivity contribution in [2.24, 2.45) is 0 Å². The lowest BCUT2D eigenvalue weighted by molar-refractivity contribution is -0.134. The Kier molecular flexibility index (Phi) is 6.69. The van der Waals surface area contributed by atoms with Crippen molar-refractivity contribution >= 4 is 29.2 Å². The maximum absolute atomic E-state index is 13.7. The first-order chi connectivity index (χ1) is 14.0. The Morgan fingerprint density at radius 3 is 2.73 bits per heavy atom. The molecule has 158 valence electrons. The molecule has 2 aromatic carbocycles. The van der Waals surface area contributed by atoms with Gasteiger partial charge in [-0.05, 0) is 29.8 Å². The molecule has 1 aliphatic rings. The van der Waals surface area contributed by atoms with E-state index in [1.165, 1.54) is 16.7 Å². The summed E-state index contributed by atoms with van der Waals surface area (Å²) in [6, 6.07) is 12.8. The zero-order valence-electron chi connectivity index (χ0n) is 16.1. The fourth-order valence-electron chi connectivity index (χ4n) is 3.83. The average Bonchev–Trinajstić information content (AvgIpc) is 2.73. The van der Waals surface area contributed by atoms with Crippen LogP contribution in [0.3, 0.4) is 0 Å². The third-order valence-electron chi connectivity index (χ3n) is 5.25. The summed E-state index contributed by atoms with van der Waals surface area (Å²) in [5.41, 5.74) is 0.248. The number of fused-ring (bicyclic) bond motifs is 1. The molecule has 2 N–H and O–H groups in total. The first-order valence-electron chi connectivity index (χ1n) is 9.52. The number of piperazine rings is 1. The van der Waals surface area contributed by atoms with Crippen molar-refractivity contribution in [1.82, 2.24) is 19.8 Å². The summed E-state index contributed by atoms with van der Waals surface area (Å²) in [6.07, 6.45) is 0.0990. The number of H-pyrrole nitrogens is 1. The van der Waals surface area contributed by atoms with Crippen LogP contribution in [0, 0.1) is 5.82 Å². The smallest absolute Gasteiger partial charge is 0.328 e. The second-order valence-electron chi connectivity index (χ2n) is 7.04. The van der Waals surface area contributed by atoms with Crippen LogP contribution in [0.25, 0.3) is 10.9 Å². The highest BCUT2D eigenvalue weighted by atomic mass is 35.5. The molecule has 9 heteroatoms. The van der Waals surface area contributed by atoms with Crippen LogP contribution < -0.4 is 16.6 Å². The summed E-state index contributed by atoms with van der Waals surface area (Å²) in [5, 5.41) is 3.64. The van der Waals surface area contributed by atoms with E-state index in [0.29, 0.717) is 30.5 Å². The number of hydrogen-bond donors (Lipinski definition) is 2. The predicted molar refractivity (Wildman–Crippen MR) is 114 cm³/mol. The highest BCUT2D eigenvalue weighted by molar-refractivity contribution is 5.85. The molecule has 0 spiro atoms. The Hall–Kier alpha value is -2.97. The van der Waals surface area contributed by atoms with Gasteiger partial charge in [0.1, 0.15) is 5.82 Å². The normalized spacial score (nSPS) is 16.3. The molecule has 3 aromatic rings. The molecule has 2 heterocycles. The summed E-state index contributed by atoms with van der Waals surface area (Å²) in [6.45, 7) is 1.84. The van der Waals surface area contributed by atoms with E-state index in [1.807, 2.05) is 0 Å². The second kappa shape index (κ2) is 9.23. The number of hydrogen-bond acceptors (Lipinski definition) is 4. The number of carbonyl (C=O) groups is 1. The molecule has 1 aliphatic heterocycles. The molecular formula is C21H22ClFN4O3. The number of carbonyl (C=O) groups excluding carboxylic acids is 1. The van der Waals surface area contributed by atoms with Crippen molar-refractivity contribution in [3.8, 4) is 0 Å². The predicted octanol–water partition coefficient (Wildman–Crippen LogP) is 1.81. The van der Waals surface area contributed by atoms with Gasteiger partial charge >= 0.3 is 5.69 Å².